The second kappa shape index (κ2) is 13.8. The summed E-state index contributed by atoms with van der Waals surface area (Å²) in [5, 5.41) is 16.0. The molecule has 0 aliphatic carbocycles. The molecule has 0 aromatic heterocycles. The molecule has 214 valence electrons. The Hall–Kier alpha value is -3.10. The van der Waals surface area contributed by atoms with E-state index in [0.717, 1.165) is 16.7 Å². The van der Waals surface area contributed by atoms with Crippen molar-refractivity contribution in [2.45, 2.75) is 79.5 Å². The van der Waals surface area contributed by atoms with E-state index in [1.165, 1.54) is 4.90 Å². The molecule has 2 rings (SSSR count). The fourth-order valence-electron chi connectivity index (χ4n) is 4.30. The van der Waals surface area contributed by atoms with E-state index < -0.39 is 35.6 Å². The molecule has 8 nitrogen and oxygen atoms in total. The average molecular weight is 560 g/mol. The van der Waals surface area contributed by atoms with Gasteiger partial charge < -0.3 is 25.4 Å². The number of carbonyl (C=O) groups excluding carboxylic acids is 3. The van der Waals surface area contributed by atoms with Crippen molar-refractivity contribution in [1.82, 2.24) is 10.2 Å². The van der Waals surface area contributed by atoms with Crippen LogP contribution in [0.25, 0.3) is 0 Å². The molecule has 3 N–H and O–H groups in total. The molecule has 39 heavy (non-hydrogen) atoms. The monoisotopic (exact) mass is 559 g/mol. The second-order valence-corrected chi connectivity index (χ2v) is 11.7. The Morgan fingerprint density at radius 2 is 1.72 bits per heavy atom. The van der Waals surface area contributed by atoms with Gasteiger partial charge in [-0.15, -0.1) is 0 Å². The lowest BCUT2D eigenvalue weighted by Gasteiger charge is -2.35. The van der Waals surface area contributed by atoms with E-state index >= 15 is 0 Å². The van der Waals surface area contributed by atoms with E-state index in [1.807, 2.05) is 58.9 Å². The summed E-state index contributed by atoms with van der Waals surface area (Å²) in [5.41, 5.74) is 2.77. The van der Waals surface area contributed by atoms with E-state index in [9.17, 15) is 19.5 Å². The minimum absolute atomic E-state index is 0.0450. The number of benzene rings is 2. The maximum atomic E-state index is 14.1. The van der Waals surface area contributed by atoms with Gasteiger partial charge in [-0.25, -0.2) is 4.79 Å². The molecular weight excluding hydrogens is 518 g/mol. The van der Waals surface area contributed by atoms with Gasteiger partial charge in [0.05, 0.1) is 17.3 Å². The number of aliphatic hydroxyl groups is 1. The van der Waals surface area contributed by atoms with Crippen LogP contribution in [0, 0.1) is 26.7 Å². The topological polar surface area (TPSA) is 108 Å². The summed E-state index contributed by atoms with van der Waals surface area (Å²) < 4.78 is 5.41. The number of aliphatic hydroxyl groups excluding tert-OH is 1. The van der Waals surface area contributed by atoms with E-state index in [0.29, 0.717) is 22.7 Å². The molecule has 0 aliphatic rings. The van der Waals surface area contributed by atoms with Crippen LogP contribution >= 0.6 is 11.6 Å². The van der Waals surface area contributed by atoms with Crippen LogP contribution < -0.4 is 10.6 Å². The van der Waals surface area contributed by atoms with Gasteiger partial charge in [0.15, 0.2) is 0 Å². The van der Waals surface area contributed by atoms with Crippen molar-refractivity contribution in [1.29, 1.82) is 0 Å². The minimum Gasteiger partial charge on any atom is -0.444 e. The van der Waals surface area contributed by atoms with Crippen LogP contribution in [-0.2, 0) is 14.3 Å². The molecule has 0 bridgehead atoms. The standard InChI is InChI=1S/C30H42ClN3O5/c1-18(2)16-24(32-29(38)39-30(6,7)8)28(37)34(14-15-35)26(22-17-19(3)12-13-20(22)4)27(36)33-25-21(5)10-9-11-23(25)31/h9-13,17-18,24,26,35H,14-16H2,1-8H3,(H,32,38)(H,33,36). The highest BCUT2D eigenvalue weighted by molar-refractivity contribution is 6.34. The predicted octanol–water partition coefficient (Wildman–Crippen LogP) is 5.71. The summed E-state index contributed by atoms with van der Waals surface area (Å²) in [6.07, 6.45) is -0.421. The van der Waals surface area contributed by atoms with Gasteiger partial charge in [0, 0.05) is 6.54 Å². The molecule has 0 spiro atoms. The van der Waals surface area contributed by atoms with Crippen LogP contribution in [0.2, 0.25) is 5.02 Å². The molecular formula is C30H42ClN3O5. The number of halogens is 1. The van der Waals surface area contributed by atoms with Crippen LogP contribution in [0.4, 0.5) is 10.5 Å². The van der Waals surface area contributed by atoms with Crippen molar-refractivity contribution in [3.8, 4) is 0 Å². The third kappa shape index (κ3) is 9.25. The van der Waals surface area contributed by atoms with E-state index in [-0.39, 0.29) is 19.1 Å². The van der Waals surface area contributed by atoms with Gasteiger partial charge in [-0.2, -0.15) is 0 Å². The fraction of sp³-hybridized carbons (Fsp3) is 0.500. The molecule has 0 fully saturated rings. The molecule has 0 saturated carbocycles. The Balaban J connectivity index is 2.60. The van der Waals surface area contributed by atoms with Gasteiger partial charge >= 0.3 is 6.09 Å². The number of nitrogens with one attached hydrogen (secondary N) is 2. The van der Waals surface area contributed by atoms with Gasteiger partial charge in [0.1, 0.15) is 17.7 Å². The number of anilines is 1. The zero-order chi connectivity index (χ0) is 29.5. The zero-order valence-electron chi connectivity index (χ0n) is 24.2. The van der Waals surface area contributed by atoms with Crippen LogP contribution in [0.3, 0.4) is 0 Å². The lowest BCUT2D eigenvalue weighted by molar-refractivity contribution is -0.141. The first-order valence-electron chi connectivity index (χ1n) is 13.2. The normalized spacial score (nSPS) is 13.0. The minimum atomic E-state index is -1.10. The lowest BCUT2D eigenvalue weighted by Crippen LogP contribution is -2.53. The Labute approximate surface area is 237 Å². The highest BCUT2D eigenvalue weighted by Gasteiger charge is 2.37. The summed E-state index contributed by atoms with van der Waals surface area (Å²) in [4.78, 5) is 42.1. The first-order chi connectivity index (χ1) is 18.1. The molecule has 2 atom stereocenters. The maximum Gasteiger partial charge on any atom is 0.408 e. The number of rotatable bonds is 10. The number of ether oxygens (including phenoxy) is 1. The zero-order valence-corrected chi connectivity index (χ0v) is 25.0. The molecule has 9 heteroatoms. The third-order valence-electron chi connectivity index (χ3n) is 6.08. The van der Waals surface area contributed by atoms with E-state index in [4.69, 9.17) is 16.3 Å². The summed E-state index contributed by atoms with van der Waals surface area (Å²) >= 11 is 6.41. The average Bonchev–Trinajstić information content (AvgIpc) is 2.81. The molecule has 0 saturated heterocycles. The summed E-state index contributed by atoms with van der Waals surface area (Å²) in [6.45, 7) is 14.2. The Kier molecular flexibility index (Phi) is 11.4. The third-order valence-corrected chi connectivity index (χ3v) is 6.39. The van der Waals surface area contributed by atoms with Gasteiger partial charge in [0.25, 0.3) is 5.91 Å². The Bertz CT molecular complexity index is 1160. The van der Waals surface area contributed by atoms with E-state index in [2.05, 4.69) is 10.6 Å². The molecule has 3 amide bonds. The molecule has 0 radical (unpaired) electrons. The summed E-state index contributed by atoms with van der Waals surface area (Å²) in [5.74, 6) is -0.938. The number of hydrogen-bond acceptors (Lipinski definition) is 5. The largest absolute Gasteiger partial charge is 0.444 e. The molecule has 2 aromatic carbocycles. The quantitative estimate of drug-likeness (QED) is 0.346. The SMILES string of the molecule is Cc1ccc(C)c(C(C(=O)Nc2c(C)cccc2Cl)N(CCO)C(=O)C(CC(C)C)NC(=O)OC(C)(C)C)c1. The molecule has 2 unspecified atom stereocenters. The molecule has 0 heterocycles. The van der Waals surface area contributed by atoms with Gasteiger partial charge in [-0.05, 0) is 76.6 Å². The molecule has 0 aliphatic heterocycles. The number of aryl methyl sites for hydroxylation is 3. The van der Waals surface area contributed by atoms with Crippen molar-refractivity contribution >= 4 is 35.2 Å². The Morgan fingerprint density at radius 1 is 1.05 bits per heavy atom. The summed E-state index contributed by atoms with van der Waals surface area (Å²) in [6, 6.07) is 8.88. The number of nitrogens with zero attached hydrogens (tertiary/aromatic N) is 1. The molecule has 2 aromatic rings. The van der Waals surface area contributed by atoms with Crippen molar-refractivity contribution < 1.29 is 24.2 Å². The van der Waals surface area contributed by atoms with Crippen molar-refractivity contribution in [2.24, 2.45) is 5.92 Å². The smallest absolute Gasteiger partial charge is 0.408 e. The van der Waals surface area contributed by atoms with E-state index in [1.54, 1.807) is 32.9 Å². The summed E-state index contributed by atoms with van der Waals surface area (Å²) in [7, 11) is 0. The number of carbonyl (C=O) groups is 3. The first-order valence-corrected chi connectivity index (χ1v) is 13.6. The highest BCUT2D eigenvalue weighted by atomic mass is 35.5. The van der Waals surface area contributed by atoms with Crippen LogP contribution in [-0.4, -0.2) is 52.7 Å². The fourth-order valence-corrected chi connectivity index (χ4v) is 4.57. The van der Waals surface area contributed by atoms with Gasteiger partial charge in [0.2, 0.25) is 5.91 Å². The first kappa shape index (κ1) is 32.1. The van der Waals surface area contributed by atoms with Crippen molar-refractivity contribution in [3.05, 3.63) is 63.7 Å². The highest BCUT2D eigenvalue weighted by Crippen LogP contribution is 2.31. The van der Waals surface area contributed by atoms with Crippen molar-refractivity contribution in [3.63, 3.8) is 0 Å². The van der Waals surface area contributed by atoms with Crippen molar-refractivity contribution in [2.75, 3.05) is 18.5 Å². The maximum absolute atomic E-state index is 14.1. The number of amides is 3. The van der Waals surface area contributed by atoms with Crippen LogP contribution in [0.15, 0.2) is 36.4 Å². The van der Waals surface area contributed by atoms with Crippen LogP contribution in [0.5, 0.6) is 0 Å². The number of alkyl carbamates (subject to hydrolysis) is 1. The number of para-hydroxylation sites is 1. The van der Waals surface area contributed by atoms with Gasteiger partial charge in [-0.3, -0.25) is 9.59 Å². The lowest BCUT2D eigenvalue weighted by atomic mass is 9.95. The predicted molar refractivity (Wildman–Crippen MR) is 155 cm³/mol. The van der Waals surface area contributed by atoms with Crippen LogP contribution in [0.1, 0.15) is 69.3 Å². The Morgan fingerprint density at radius 3 is 2.28 bits per heavy atom. The second-order valence-electron chi connectivity index (χ2n) is 11.3. The number of hydrogen-bond donors (Lipinski definition) is 3. The van der Waals surface area contributed by atoms with Gasteiger partial charge in [-0.1, -0.05) is 61.3 Å².